The minimum absolute atomic E-state index is 0.121. The first-order valence-corrected chi connectivity index (χ1v) is 5.24. The number of hydrogen-bond acceptors (Lipinski definition) is 4. The van der Waals surface area contributed by atoms with Gasteiger partial charge in [-0.2, -0.15) is 18.2 Å². The van der Waals surface area contributed by atoms with E-state index in [-0.39, 0.29) is 17.6 Å². The Labute approximate surface area is 96.0 Å². The molecule has 1 aliphatic rings. The number of anilines is 1. The third kappa shape index (κ3) is 2.98. The van der Waals surface area contributed by atoms with Crippen LogP contribution in [-0.4, -0.2) is 22.2 Å². The van der Waals surface area contributed by atoms with Crippen LogP contribution in [0.15, 0.2) is 6.07 Å². The number of ether oxygens (including phenoxy) is 1. The zero-order valence-electron chi connectivity index (χ0n) is 9.16. The second-order valence-electron chi connectivity index (χ2n) is 4.07. The first kappa shape index (κ1) is 11.9. The maximum absolute atomic E-state index is 12.3. The Morgan fingerprint density at radius 2 is 2.06 bits per heavy atom. The highest BCUT2D eigenvalue weighted by atomic mass is 19.4. The molecule has 0 aromatic carbocycles. The molecular formula is C10H12F3N3O. The normalized spacial score (nSPS) is 17.9. The summed E-state index contributed by atoms with van der Waals surface area (Å²) in [6, 6.07) is 1.20. The third-order valence-electron chi connectivity index (χ3n) is 2.44. The molecule has 1 atom stereocenters. The average molecular weight is 247 g/mol. The van der Waals surface area contributed by atoms with Gasteiger partial charge in [-0.15, -0.1) is 0 Å². The number of aromatic nitrogens is 2. The maximum Gasteiger partial charge on any atom is 0.425 e. The molecule has 4 nitrogen and oxygen atoms in total. The lowest BCUT2D eigenvalue weighted by atomic mass is 10.3. The highest BCUT2D eigenvalue weighted by Crippen LogP contribution is 2.39. The second-order valence-corrected chi connectivity index (χ2v) is 4.07. The Morgan fingerprint density at radius 1 is 1.41 bits per heavy atom. The summed E-state index contributed by atoms with van der Waals surface area (Å²) in [5.41, 5.74) is 5.50. The fourth-order valence-electron chi connectivity index (χ4n) is 1.29. The third-order valence-corrected chi connectivity index (χ3v) is 2.44. The SMILES string of the molecule is CC(Oc1cc(N)nc(C2CC2)n1)C(F)(F)F. The number of alkyl halides is 3. The highest BCUT2D eigenvalue weighted by Gasteiger charge is 2.38. The van der Waals surface area contributed by atoms with Gasteiger partial charge >= 0.3 is 6.18 Å². The van der Waals surface area contributed by atoms with Crippen LogP contribution in [0.2, 0.25) is 0 Å². The summed E-state index contributed by atoms with van der Waals surface area (Å²) in [6.07, 6.45) is -4.45. The standard InChI is InChI=1S/C10H12F3N3O/c1-5(10(11,12)13)17-8-4-7(14)15-9(16-8)6-2-3-6/h4-6H,2-3H2,1H3,(H2,14,15,16). The Hall–Kier alpha value is -1.53. The van der Waals surface area contributed by atoms with E-state index in [1.807, 2.05) is 0 Å². The molecule has 1 saturated carbocycles. The van der Waals surface area contributed by atoms with Crippen LogP contribution in [0.4, 0.5) is 19.0 Å². The molecule has 1 unspecified atom stereocenters. The van der Waals surface area contributed by atoms with Crippen molar-refractivity contribution in [3.63, 3.8) is 0 Å². The predicted molar refractivity (Wildman–Crippen MR) is 54.6 cm³/mol. The summed E-state index contributed by atoms with van der Waals surface area (Å²) in [7, 11) is 0. The summed E-state index contributed by atoms with van der Waals surface area (Å²) in [6.45, 7) is 0.926. The maximum atomic E-state index is 12.3. The Balaban J connectivity index is 2.15. The molecule has 0 radical (unpaired) electrons. The lowest BCUT2D eigenvalue weighted by molar-refractivity contribution is -0.190. The van der Waals surface area contributed by atoms with Gasteiger partial charge in [-0.1, -0.05) is 0 Å². The number of nitrogen functional groups attached to an aromatic ring is 1. The van der Waals surface area contributed by atoms with Crippen LogP contribution in [-0.2, 0) is 0 Å². The summed E-state index contributed by atoms with van der Waals surface area (Å²) in [5.74, 6) is 0.687. The van der Waals surface area contributed by atoms with E-state index in [4.69, 9.17) is 10.5 Å². The number of halogens is 3. The van der Waals surface area contributed by atoms with Gasteiger partial charge in [-0.25, -0.2) is 4.98 Å². The molecule has 94 valence electrons. The van der Waals surface area contributed by atoms with Crippen LogP contribution >= 0.6 is 0 Å². The van der Waals surface area contributed by atoms with E-state index in [0.29, 0.717) is 5.82 Å². The number of nitrogens with zero attached hydrogens (tertiary/aromatic N) is 2. The highest BCUT2D eigenvalue weighted by molar-refractivity contribution is 5.34. The molecule has 0 aliphatic heterocycles. The molecule has 1 aromatic rings. The molecule has 0 bridgehead atoms. The van der Waals surface area contributed by atoms with Crippen LogP contribution in [0.1, 0.15) is 31.5 Å². The summed E-state index contributed by atoms with van der Waals surface area (Å²) in [5, 5.41) is 0. The quantitative estimate of drug-likeness (QED) is 0.890. The molecule has 1 heterocycles. The fraction of sp³-hybridized carbons (Fsp3) is 0.600. The summed E-state index contributed by atoms with van der Waals surface area (Å²) >= 11 is 0. The molecule has 1 aliphatic carbocycles. The molecule has 0 saturated heterocycles. The zero-order chi connectivity index (χ0) is 12.6. The molecule has 1 fully saturated rings. The smallest absolute Gasteiger partial charge is 0.425 e. The minimum Gasteiger partial charge on any atom is -0.465 e. The predicted octanol–water partition coefficient (Wildman–Crippen LogP) is 2.27. The van der Waals surface area contributed by atoms with Crippen LogP contribution in [0, 0.1) is 0 Å². The van der Waals surface area contributed by atoms with Gasteiger partial charge in [0.25, 0.3) is 0 Å². The van der Waals surface area contributed by atoms with Crippen molar-refractivity contribution in [3.05, 3.63) is 11.9 Å². The zero-order valence-corrected chi connectivity index (χ0v) is 9.16. The van der Waals surface area contributed by atoms with Gasteiger partial charge in [0, 0.05) is 12.0 Å². The van der Waals surface area contributed by atoms with Gasteiger partial charge in [-0.3, -0.25) is 0 Å². The second kappa shape index (κ2) is 4.05. The van der Waals surface area contributed by atoms with E-state index in [1.165, 1.54) is 6.07 Å². The number of nitrogens with two attached hydrogens (primary N) is 1. The summed E-state index contributed by atoms with van der Waals surface area (Å²) in [4.78, 5) is 7.91. The van der Waals surface area contributed by atoms with E-state index >= 15 is 0 Å². The molecule has 7 heteroatoms. The Morgan fingerprint density at radius 3 is 2.59 bits per heavy atom. The largest absolute Gasteiger partial charge is 0.465 e. The van der Waals surface area contributed by atoms with E-state index in [1.54, 1.807) is 0 Å². The van der Waals surface area contributed by atoms with Gasteiger partial charge in [0.05, 0.1) is 0 Å². The molecule has 2 N–H and O–H groups in total. The van der Waals surface area contributed by atoms with E-state index in [2.05, 4.69) is 9.97 Å². The lowest BCUT2D eigenvalue weighted by Crippen LogP contribution is -2.31. The molecule has 1 aromatic heterocycles. The topological polar surface area (TPSA) is 61.0 Å². The van der Waals surface area contributed by atoms with Gasteiger partial charge in [0.1, 0.15) is 11.6 Å². The average Bonchev–Trinajstić information content (AvgIpc) is 2.97. The van der Waals surface area contributed by atoms with E-state index in [0.717, 1.165) is 19.8 Å². The first-order valence-electron chi connectivity index (χ1n) is 5.24. The van der Waals surface area contributed by atoms with Crippen LogP contribution < -0.4 is 10.5 Å². The van der Waals surface area contributed by atoms with Crippen LogP contribution in [0.25, 0.3) is 0 Å². The Kier molecular flexibility index (Phi) is 2.84. The Bertz CT molecular complexity index is 418. The molecule has 17 heavy (non-hydrogen) atoms. The van der Waals surface area contributed by atoms with Crippen LogP contribution in [0.3, 0.4) is 0 Å². The number of hydrogen-bond donors (Lipinski definition) is 1. The van der Waals surface area contributed by atoms with Crippen molar-refractivity contribution in [3.8, 4) is 5.88 Å². The van der Waals surface area contributed by atoms with Crippen molar-refractivity contribution in [2.24, 2.45) is 0 Å². The first-order chi connectivity index (χ1) is 7.86. The molecular weight excluding hydrogens is 235 g/mol. The van der Waals surface area contributed by atoms with Crippen molar-refractivity contribution >= 4 is 5.82 Å². The molecule has 0 spiro atoms. The van der Waals surface area contributed by atoms with Gasteiger partial charge in [0.2, 0.25) is 5.88 Å². The van der Waals surface area contributed by atoms with Crippen LogP contribution in [0.5, 0.6) is 5.88 Å². The van der Waals surface area contributed by atoms with Gasteiger partial charge < -0.3 is 10.5 Å². The lowest BCUT2D eigenvalue weighted by Gasteiger charge is -2.17. The monoisotopic (exact) mass is 247 g/mol. The van der Waals surface area contributed by atoms with Gasteiger partial charge in [-0.05, 0) is 19.8 Å². The summed E-state index contributed by atoms with van der Waals surface area (Å²) < 4.78 is 41.6. The number of rotatable bonds is 3. The van der Waals surface area contributed by atoms with E-state index in [9.17, 15) is 13.2 Å². The van der Waals surface area contributed by atoms with Gasteiger partial charge in [0.15, 0.2) is 6.10 Å². The molecule has 0 amide bonds. The minimum atomic E-state index is -4.42. The fourth-order valence-corrected chi connectivity index (χ4v) is 1.29. The van der Waals surface area contributed by atoms with Crippen molar-refractivity contribution in [1.82, 2.24) is 9.97 Å². The van der Waals surface area contributed by atoms with Crippen molar-refractivity contribution < 1.29 is 17.9 Å². The van der Waals surface area contributed by atoms with Crippen molar-refractivity contribution in [1.29, 1.82) is 0 Å². The van der Waals surface area contributed by atoms with Crippen molar-refractivity contribution in [2.45, 2.75) is 38.0 Å². The van der Waals surface area contributed by atoms with E-state index < -0.39 is 12.3 Å². The molecule has 2 rings (SSSR count). The van der Waals surface area contributed by atoms with Crippen molar-refractivity contribution in [2.75, 3.05) is 5.73 Å².